The van der Waals surface area contributed by atoms with Crippen LogP contribution in [0.3, 0.4) is 0 Å². The van der Waals surface area contributed by atoms with E-state index in [1.54, 1.807) is 18.9 Å². The van der Waals surface area contributed by atoms with Gasteiger partial charge in [-0.3, -0.25) is 19.4 Å². The molecule has 0 aromatic heterocycles. The van der Waals surface area contributed by atoms with Crippen LogP contribution in [0.2, 0.25) is 0 Å². The maximum absolute atomic E-state index is 13.5. The largest absolute Gasteiger partial charge is 0.497 e. The van der Waals surface area contributed by atoms with Crippen LogP contribution in [-0.2, 0) is 20.9 Å². The number of benzene rings is 1. The summed E-state index contributed by atoms with van der Waals surface area (Å²) in [5.74, 6) is 3.97. The molecule has 2 saturated heterocycles. The highest BCUT2D eigenvalue weighted by molar-refractivity contribution is 7.99. The van der Waals surface area contributed by atoms with Crippen molar-refractivity contribution in [3.8, 4) is 5.75 Å². The summed E-state index contributed by atoms with van der Waals surface area (Å²) in [4.78, 5) is 43.7. The van der Waals surface area contributed by atoms with Crippen molar-refractivity contribution in [3.05, 3.63) is 29.8 Å². The van der Waals surface area contributed by atoms with Crippen LogP contribution < -0.4 is 15.4 Å². The molecule has 0 bridgehead atoms. The van der Waals surface area contributed by atoms with Crippen molar-refractivity contribution in [1.29, 1.82) is 0 Å². The van der Waals surface area contributed by atoms with Gasteiger partial charge < -0.3 is 20.1 Å². The lowest BCUT2D eigenvalue weighted by molar-refractivity contribution is -0.130. The Morgan fingerprint density at radius 3 is 2.39 bits per heavy atom. The molecule has 0 unspecified atom stereocenters. The van der Waals surface area contributed by atoms with Crippen LogP contribution in [0.5, 0.6) is 5.75 Å². The van der Waals surface area contributed by atoms with Gasteiger partial charge in [0.05, 0.1) is 13.0 Å². The number of thioether (sulfide) groups is 2. The zero-order valence-electron chi connectivity index (χ0n) is 27.0. The second-order valence-corrected chi connectivity index (χ2v) is 15.5. The smallest absolute Gasteiger partial charge is 0.411 e. The predicted octanol–water partition coefficient (Wildman–Crippen LogP) is 5.13. The summed E-state index contributed by atoms with van der Waals surface area (Å²) in [6.45, 7) is 8.95. The first-order valence-corrected chi connectivity index (χ1v) is 18.5. The highest BCUT2D eigenvalue weighted by atomic mass is 32.2. The number of hydrogen-bond donors (Lipinski definition) is 2. The van der Waals surface area contributed by atoms with Crippen molar-refractivity contribution in [2.24, 2.45) is 11.8 Å². The molecule has 2 aliphatic heterocycles. The van der Waals surface area contributed by atoms with Gasteiger partial charge >= 0.3 is 6.09 Å². The Kier molecular flexibility index (Phi) is 13.4. The maximum Gasteiger partial charge on any atom is 0.411 e. The summed E-state index contributed by atoms with van der Waals surface area (Å²) in [7, 11) is 1.68. The zero-order valence-corrected chi connectivity index (χ0v) is 28.6. The molecule has 1 aliphatic carbocycles. The van der Waals surface area contributed by atoms with Gasteiger partial charge in [-0.25, -0.2) is 4.79 Å². The Morgan fingerprint density at radius 2 is 1.73 bits per heavy atom. The normalized spacial score (nSPS) is 21.1. The Bertz CT molecular complexity index is 1070. The third-order valence-corrected chi connectivity index (χ3v) is 10.9. The molecule has 3 fully saturated rings. The molecule has 2 heterocycles. The third-order valence-electron chi connectivity index (χ3n) is 8.65. The number of likely N-dealkylation sites (tertiary alicyclic amines) is 1. The molecule has 3 aliphatic rings. The van der Waals surface area contributed by atoms with Gasteiger partial charge in [0.1, 0.15) is 23.4 Å². The number of ether oxygens (including phenoxy) is 2. The molecule has 3 amide bonds. The lowest BCUT2D eigenvalue weighted by atomic mass is 9.91. The van der Waals surface area contributed by atoms with Gasteiger partial charge in [0.15, 0.2) is 0 Å². The van der Waals surface area contributed by atoms with Crippen LogP contribution in [0.25, 0.3) is 0 Å². The van der Waals surface area contributed by atoms with Crippen LogP contribution >= 0.6 is 23.5 Å². The highest BCUT2D eigenvalue weighted by Crippen LogP contribution is 2.28. The number of rotatable bonds is 12. The van der Waals surface area contributed by atoms with Crippen molar-refractivity contribution in [3.63, 3.8) is 0 Å². The summed E-state index contributed by atoms with van der Waals surface area (Å²) in [6, 6.07) is 6.94. The monoisotopic (exact) mass is 648 g/mol. The van der Waals surface area contributed by atoms with E-state index >= 15 is 0 Å². The molecular formula is C33H52N4O5S2. The van der Waals surface area contributed by atoms with Crippen molar-refractivity contribution in [1.82, 2.24) is 20.4 Å². The van der Waals surface area contributed by atoms with Crippen molar-refractivity contribution in [2.75, 3.05) is 49.9 Å². The van der Waals surface area contributed by atoms with E-state index < -0.39 is 23.8 Å². The van der Waals surface area contributed by atoms with Gasteiger partial charge in [-0.15, -0.1) is 11.8 Å². The number of piperidine rings is 1. The Morgan fingerprint density at radius 1 is 1.02 bits per heavy atom. The number of amides is 3. The molecule has 9 nitrogen and oxygen atoms in total. The number of carbonyl (C=O) groups is 3. The molecular weight excluding hydrogens is 597 g/mol. The first kappa shape index (κ1) is 34.8. The SMILES string of the molecule is COc1ccc(CN2CCC(CNC(=O)[C@H](CSCC3CCCCC3)NC(=O)[C@@H]3CSCN3C(=O)OC(C)(C)C)CC2)cc1. The molecule has 1 aromatic carbocycles. The fourth-order valence-electron chi connectivity index (χ4n) is 6.02. The standard InChI is InChI=1S/C33H52N4O5S2/c1-33(2,3)42-32(40)37-23-44-22-29(37)31(39)35-28(21-43-20-26-8-6-5-7-9-26)30(38)34-18-24-14-16-36(17-15-24)19-25-10-12-27(41-4)13-11-25/h10-13,24,26,28-29H,5-9,14-23H2,1-4H3,(H,34,38)(H,35,39)/t28-,29-/m0/s1. The van der Waals surface area contributed by atoms with Crippen LogP contribution in [-0.4, -0.2) is 95.3 Å². The first-order chi connectivity index (χ1) is 21.1. The van der Waals surface area contributed by atoms with Gasteiger partial charge in [-0.1, -0.05) is 31.4 Å². The van der Waals surface area contributed by atoms with E-state index in [-0.39, 0.29) is 11.8 Å². The molecule has 11 heteroatoms. The molecule has 0 radical (unpaired) electrons. The van der Waals surface area contributed by atoms with Crippen molar-refractivity contribution >= 4 is 41.4 Å². The molecule has 1 saturated carbocycles. The number of nitrogens with one attached hydrogen (secondary N) is 2. The minimum Gasteiger partial charge on any atom is -0.497 e. The fraction of sp³-hybridized carbons (Fsp3) is 0.727. The Hall–Kier alpha value is -2.11. The molecule has 2 N–H and O–H groups in total. The minimum absolute atomic E-state index is 0.135. The molecule has 1 aromatic rings. The van der Waals surface area contributed by atoms with Gasteiger partial charge in [-0.05, 0) is 94.8 Å². The van der Waals surface area contributed by atoms with Crippen molar-refractivity contribution < 1.29 is 23.9 Å². The van der Waals surface area contributed by atoms with Crippen molar-refractivity contribution in [2.45, 2.75) is 89.9 Å². The number of methoxy groups -OCH3 is 1. The predicted molar refractivity (Wildman–Crippen MR) is 179 cm³/mol. The fourth-order valence-corrected chi connectivity index (χ4v) is 8.44. The van der Waals surface area contributed by atoms with E-state index in [2.05, 4.69) is 27.7 Å². The van der Waals surface area contributed by atoms with Gasteiger partial charge in [-0.2, -0.15) is 11.8 Å². The summed E-state index contributed by atoms with van der Waals surface area (Å²) in [5.41, 5.74) is 0.628. The molecule has 44 heavy (non-hydrogen) atoms. The lowest BCUT2D eigenvalue weighted by Crippen LogP contribution is -2.55. The third kappa shape index (κ3) is 11.1. The van der Waals surface area contributed by atoms with Gasteiger partial charge in [0.25, 0.3) is 0 Å². The maximum atomic E-state index is 13.5. The highest BCUT2D eigenvalue weighted by Gasteiger charge is 2.38. The van der Waals surface area contributed by atoms with Gasteiger partial charge in [0, 0.05) is 24.6 Å². The van der Waals surface area contributed by atoms with Crippen LogP contribution in [0, 0.1) is 11.8 Å². The minimum atomic E-state index is -0.650. The summed E-state index contributed by atoms with van der Waals surface area (Å²) >= 11 is 3.29. The van der Waals surface area contributed by atoms with E-state index in [1.165, 1.54) is 54.3 Å². The lowest BCUT2D eigenvalue weighted by Gasteiger charge is -2.32. The quantitative estimate of drug-likeness (QED) is 0.322. The van der Waals surface area contributed by atoms with E-state index in [4.69, 9.17) is 9.47 Å². The summed E-state index contributed by atoms with van der Waals surface area (Å²) in [6.07, 6.45) is 7.93. The molecule has 0 spiro atoms. The van der Waals surface area contributed by atoms with E-state index in [9.17, 15) is 14.4 Å². The van der Waals surface area contributed by atoms with E-state index in [1.807, 2.05) is 32.9 Å². The molecule has 4 rings (SSSR count). The second-order valence-electron chi connectivity index (χ2n) is 13.4. The average molecular weight is 649 g/mol. The Labute approximate surface area is 272 Å². The number of nitrogens with zero attached hydrogens (tertiary/aromatic N) is 2. The topological polar surface area (TPSA) is 100 Å². The van der Waals surface area contributed by atoms with E-state index in [0.717, 1.165) is 44.0 Å². The average Bonchev–Trinajstić information content (AvgIpc) is 3.51. The molecule has 246 valence electrons. The zero-order chi connectivity index (χ0) is 31.5. The van der Waals surface area contributed by atoms with Crippen LogP contribution in [0.15, 0.2) is 24.3 Å². The van der Waals surface area contributed by atoms with E-state index in [0.29, 0.717) is 35.8 Å². The summed E-state index contributed by atoms with van der Waals surface area (Å²) in [5, 5.41) is 6.19. The Balaban J connectivity index is 1.28. The van der Waals surface area contributed by atoms with Crippen LogP contribution in [0.4, 0.5) is 4.79 Å². The van der Waals surface area contributed by atoms with Gasteiger partial charge in [0.2, 0.25) is 11.8 Å². The number of hydrogen-bond acceptors (Lipinski definition) is 8. The van der Waals surface area contributed by atoms with Crippen LogP contribution in [0.1, 0.15) is 71.3 Å². The first-order valence-electron chi connectivity index (χ1n) is 16.2. The number of carbonyl (C=O) groups excluding carboxylic acids is 3. The molecule has 2 atom stereocenters. The summed E-state index contributed by atoms with van der Waals surface area (Å²) < 4.78 is 10.8. The second kappa shape index (κ2) is 17.0.